The molecule has 1 fully saturated rings. The van der Waals surface area contributed by atoms with Crippen LogP contribution in [-0.2, 0) is 9.31 Å². The summed E-state index contributed by atoms with van der Waals surface area (Å²) >= 11 is 0. The second-order valence-corrected chi connectivity index (χ2v) is 6.87. The number of hydrogen-bond acceptors (Lipinski definition) is 3. The van der Waals surface area contributed by atoms with E-state index < -0.39 is 24.0 Å². The zero-order valence-electron chi connectivity index (χ0n) is 14.7. The first kappa shape index (κ1) is 18.7. The van der Waals surface area contributed by atoms with Crippen LogP contribution >= 0.6 is 0 Å². The van der Waals surface area contributed by atoms with Crippen molar-refractivity contribution in [1.29, 1.82) is 0 Å². The fourth-order valence-electron chi connectivity index (χ4n) is 2.18. The van der Waals surface area contributed by atoms with Gasteiger partial charge >= 0.3 is 7.12 Å². The molecule has 128 valence electrons. The van der Waals surface area contributed by atoms with Crippen LogP contribution in [0.2, 0.25) is 0 Å². The molecular weight excluding hydrogens is 306 g/mol. The second-order valence-electron chi connectivity index (χ2n) is 6.87. The van der Waals surface area contributed by atoms with Crippen LogP contribution in [0.4, 0.5) is 4.39 Å². The highest BCUT2D eigenvalue weighted by Gasteiger charge is 2.52. The van der Waals surface area contributed by atoms with Gasteiger partial charge in [0.15, 0.2) is 0 Å². The third kappa shape index (κ3) is 4.48. The van der Waals surface area contributed by atoms with Crippen LogP contribution in [0.1, 0.15) is 51.7 Å². The largest absolute Gasteiger partial charge is 0.525 e. The number of benzene rings is 1. The average molecular weight is 330 g/mol. The van der Waals surface area contributed by atoms with Gasteiger partial charge in [0.1, 0.15) is 5.73 Å². The first-order valence-electron chi connectivity index (χ1n) is 8.18. The molecule has 1 N–H and O–H groups in total. The van der Waals surface area contributed by atoms with Gasteiger partial charge in [0.05, 0.1) is 11.2 Å². The van der Waals surface area contributed by atoms with Gasteiger partial charge in [-0.1, -0.05) is 24.0 Å². The zero-order chi connectivity index (χ0) is 17.8. The third-order valence-corrected chi connectivity index (χ3v) is 4.39. The van der Waals surface area contributed by atoms with Gasteiger partial charge in [-0.25, -0.2) is 4.39 Å². The molecule has 3 nitrogen and oxygen atoms in total. The van der Waals surface area contributed by atoms with Crippen molar-refractivity contribution in [2.45, 2.75) is 51.7 Å². The lowest BCUT2D eigenvalue weighted by molar-refractivity contribution is 0.00578. The van der Waals surface area contributed by atoms with Crippen LogP contribution in [0.15, 0.2) is 30.0 Å². The molecule has 0 aliphatic carbocycles. The molecule has 0 aromatic heterocycles. The van der Waals surface area contributed by atoms with Crippen molar-refractivity contribution in [2.24, 2.45) is 0 Å². The summed E-state index contributed by atoms with van der Waals surface area (Å²) in [7, 11) is -0.979. The number of aliphatic hydroxyl groups is 1. The molecule has 1 heterocycles. The Labute approximate surface area is 144 Å². The fraction of sp³-hybridized carbons (Fsp3) is 0.474. The molecule has 0 unspecified atom stereocenters. The number of unbranched alkanes of at least 4 members (excludes halogenated alkanes) is 1. The maximum atomic E-state index is 14.4. The lowest BCUT2D eigenvalue weighted by Crippen LogP contribution is -2.41. The van der Waals surface area contributed by atoms with Crippen LogP contribution in [0, 0.1) is 11.8 Å². The topological polar surface area (TPSA) is 38.7 Å². The van der Waals surface area contributed by atoms with Gasteiger partial charge < -0.3 is 14.4 Å². The molecule has 0 radical (unpaired) electrons. The Hall–Kier alpha value is -1.61. The standard InChI is InChI=1S/C19H24BFO3/c1-18(2)19(3,4)24-20(23-18)17(21)14-16-11-9-15(10-12-16)8-6-5-7-13-22/h9-12,14,22H,5,7,13H2,1-4H3. The Morgan fingerprint density at radius 3 is 2.29 bits per heavy atom. The van der Waals surface area contributed by atoms with Crippen molar-refractivity contribution in [1.82, 2.24) is 0 Å². The molecule has 5 heteroatoms. The van der Waals surface area contributed by atoms with Crippen LogP contribution in [0.25, 0.3) is 6.08 Å². The normalized spacial score (nSPS) is 19.1. The Balaban J connectivity index is 2.04. The van der Waals surface area contributed by atoms with E-state index in [9.17, 15) is 4.39 Å². The highest BCUT2D eigenvalue weighted by molar-refractivity contribution is 6.54. The number of aliphatic hydroxyl groups excluding tert-OH is 1. The zero-order valence-corrected chi connectivity index (χ0v) is 14.7. The molecular formula is C19H24BFO3. The molecule has 24 heavy (non-hydrogen) atoms. The van der Waals surface area contributed by atoms with E-state index in [2.05, 4.69) is 11.8 Å². The van der Waals surface area contributed by atoms with Crippen molar-refractivity contribution < 1.29 is 18.8 Å². The summed E-state index contributed by atoms with van der Waals surface area (Å²) in [5.74, 6) is 6.00. The smallest absolute Gasteiger partial charge is 0.398 e. The number of rotatable bonds is 4. The van der Waals surface area contributed by atoms with Gasteiger partial charge in [0.2, 0.25) is 0 Å². The van der Waals surface area contributed by atoms with Crippen LogP contribution in [-0.4, -0.2) is 30.0 Å². The van der Waals surface area contributed by atoms with E-state index in [1.54, 1.807) is 12.1 Å². The molecule has 1 aliphatic heterocycles. The minimum absolute atomic E-state index is 0.149. The third-order valence-electron chi connectivity index (χ3n) is 4.39. The first-order chi connectivity index (χ1) is 11.2. The van der Waals surface area contributed by atoms with Gasteiger partial charge in [-0.3, -0.25) is 0 Å². The molecule has 0 spiro atoms. The molecule has 1 saturated heterocycles. The summed E-state index contributed by atoms with van der Waals surface area (Å²) < 4.78 is 25.8. The molecule has 0 saturated carbocycles. The summed E-state index contributed by atoms with van der Waals surface area (Å²) in [6.07, 6.45) is 2.76. The van der Waals surface area contributed by atoms with Crippen molar-refractivity contribution >= 4 is 13.2 Å². The predicted octanol–water partition coefficient (Wildman–Crippen LogP) is 3.75. The van der Waals surface area contributed by atoms with Crippen LogP contribution in [0.5, 0.6) is 0 Å². The van der Waals surface area contributed by atoms with E-state index in [0.29, 0.717) is 12.8 Å². The molecule has 1 aromatic rings. The lowest BCUT2D eigenvalue weighted by atomic mass is 9.87. The molecule has 2 rings (SSSR count). The van der Waals surface area contributed by atoms with Crippen molar-refractivity contribution in [3.05, 3.63) is 41.1 Å². The van der Waals surface area contributed by atoms with Crippen LogP contribution in [0.3, 0.4) is 0 Å². The Kier molecular flexibility index (Phi) is 5.87. The monoisotopic (exact) mass is 330 g/mol. The SMILES string of the molecule is CC1(C)OB(C(F)=Cc2ccc(C#CCCCO)cc2)OC1(C)C. The van der Waals surface area contributed by atoms with Gasteiger partial charge in [-0.2, -0.15) is 0 Å². The summed E-state index contributed by atoms with van der Waals surface area (Å²) in [6.45, 7) is 7.72. The minimum atomic E-state index is -0.979. The van der Waals surface area contributed by atoms with Crippen molar-refractivity contribution in [2.75, 3.05) is 6.61 Å². The van der Waals surface area contributed by atoms with E-state index >= 15 is 0 Å². The van der Waals surface area contributed by atoms with Gasteiger partial charge in [0.25, 0.3) is 0 Å². The summed E-state index contributed by atoms with van der Waals surface area (Å²) in [5, 5.41) is 8.71. The summed E-state index contributed by atoms with van der Waals surface area (Å²) in [6, 6.07) is 7.30. The lowest BCUT2D eigenvalue weighted by Gasteiger charge is -2.32. The number of hydrogen-bond donors (Lipinski definition) is 1. The van der Waals surface area contributed by atoms with E-state index in [1.165, 1.54) is 6.08 Å². The van der Waals surface area contributed by atoms with E-state index in [-0.39, 0.29) is 6.61 Å². The van der Waals surface area contributed by atoms with Gasteiger partial charge in [-0.15, -0.1) is 0 Å². The van der Waals surface area contributed by atoms with Gasteiger partial charge in [-0.05, 0) is 57.9 Å². The van der Waals surface area contributed by atoms with Crippen molar-refractivity contribution in [3.8, 4) is 11.8 Å². The summed E-state index contributed by atoms with van der Waals surface area (Å²) in [5.41, 5.74) is 0.0213. The quantitative estimate of drug-likeness (QED) is 0.519. The molecule has 1 aliphatic rings. The van der Waals surface area contributed by atoms with E-state index in [1.807, 2.05) is 39.8 Å². The molecule has 1 aromatic carbocycles. The number of halogens is 1. The highest BCUT2D eigenvalue weighted by Crippen LogP contribution is 2.39. The summed E-state index contributed by atoms with van der Waals surface area (Å²) in [4.78, 5) is 0. The Morgan fingerprint density at radius 1 is 1.17 bits per heavy atom. The van der Waals surface area contributed by atoms with E-state index in [0.717, 1.165) is 11.1 Å². The predicted molar refractivity (Wildman–Crippen MR) is 94.8 cm³/mol. The second kappa shape index (κ2) is 7.52. The maximum Gasteiger partial charge on any atom is 0.525 e. The van der Waals surface area contributed by atoms with Gasteiger partial charge in [0, 0.05) is 18.6 Å². The Bertz CT molecular complexity index is 637. The van der Waals surface area contributed by atoms with Crippen LogP contribution < -0.4 is 0 Å². The molecule has 0 bridgehead atoms. The molecule has 0 amide bonds. The van der Waals surface area contributed by atoms with Crippen molar-refractivity contribution in [3.63, 3.8) is 0 Å². The average Bonchev–Trinajstić information content (AvgIpc) is 2.74. The highest BCUT2D eigenvalue weighted by atomic mass is 19.1. The minimum Gasteiger partial charge on any atom is -0.398 e. The maximum absolute atomic E-state index is 14.4. The van der Waals surface area contributed by atoms with E-state index in [4.69, 9.17) is 14.4 Å². The fourth-order valence-corrected chi connectivity index (χ4v) is 2.18. The first-order valence-corrected chi connectivity index (χ1v) is 8.18. The molecule has 0 atom stereocenters. The Morgan fingerprint density at radius 2 is 1.75 bits per heavy atom.